The van der Waals surface area contributed by atoms with Crippen molar-refractivity contribution in [3.8, 4) is 0 Å². The molecule has 5 heteroatoms. The van der Waals surface area contributed by atoms with E-state index in [9.17, 15) is 9.59 Å². The second-order valence-corrected chi connectivity index (χ2v) is 2.18. The molecule has 0 heterocycles. The van der Waals surface area contributed by atoms with E-state index in [0.717, 1.165) is 18.2 Å². The summed E-state index contributed by atoms with van der Waals surface area (Å²) in [7, 11) is 1.18. The highest BCUT2D eigenvalue weighted by Gasteiger charge is 1.97. The van der Waals surface area contributed by atoms with Crippen molar-refractivity contribution in [2.24, 2.45) is 0 Å². The number of hydrogen-bond acceptors (Lipinski definition) is 5. The molecule has 0 aliphatic rings. The first-order valence-corrected chi connectivity index (χ1v) is 3.93. The van der Waals surface area contributed by atoms with Gasteiger partial charge in [0.2, 0.25) is 0 Å². The number of aliphatic hydroxyl groups is 1. The molecule has 0 aromatic rings. The summed E-state index contributed by atoms with van der Waals surface area (Å²) in [4.78, 5) is 21.3. The van der Waals surface area contributed by atoms with Crippen molar-refractivity contribution in [1.82, 2.24) is 0 Å². The lowest BCUT2D eigenvalue weighted by Gasteiger charge is -1.94. The summed E-state index contributed by atoms with van der Waals surface area (Å²) in [5.74, 6) is -1.65. The monoisotopic (exact) mass is 200 g/mol. The lowest BCUT2D eigenvalue weighted by molar-refractivity contribution is -0.137. The first-order chi connectivity index (χ1) is 6.60. The maximum atomic E-state index is 10.7. The number of allylic oxidation sites excluding steroid dienone is 1. The van der Waals surface area contributed by atoms with Crippen LogP contribution in [0.15, 0.2) is 24.0 Å². The molecular formula is C9H12O5. The van der Waals surface area contributed by atoms with Gasteiger partial charge < -0.3 is 14.6 Å². The van der Waals surface area contributed by atoms with Crippen LogP contribution in [-0.2, 0) is 19.1 Å². The molecule has 0 amide bonds. The average molecular weight is 200 g/mol. The first-order valence-electron chi connectivity index (χ1n) is 3.93. The number of ether oxygens (including phenoxy) is 2. The van der Waals surface area contributed by atoms with Gasteiger partial charge in [-0.2, -0.15) is 0 Å². The summed E-state index contributed by atoms with van der Waals surface area (Å²) < 4.78 is 8.79. The smallest absolute Gasteiger partial charge is 0.334 e. The fourth-order valence-electron chi connectivity index (χ4n) is 0.572. The van der Waals surface area contributed by atoms with E-state index in [-0.39, 0.29) is 12.4 Å². The van der Waals surface area contributed by atoms with Gasteiger partial charge in [-0.1, -0.05) is 0 Å². The Kier molecular flexibility index (Phi) is 5.85. The molecule has 0 aromatic heterocycles. The summed E-state index contributed by atoms with van der Waals surface area (Å²) in [6, 6.07) is 0. The minimum atomic E-state index is -0.698. The molecule has 0 bridgehead atoms. The zero-order valence-electron chi connectivity index (χ0n) is 8.02. The van der Waals surface area contributed by atoms with Gasteiger partial charge in [-0.25, -0.2) is 9.59 Å². The zero-order chi connectivity index (χ0) is 11.0. The van der Waals surface area contributed by atoms with E-state index in [1.165, 1.54) is 7.11 Å². The number of carbonyl (C=O) groups excluding carboxylic acids is 2. The maximum absolute atomic E-state index is 10.7. The molecule has 0 aromatic carbocycles. The first kappa shape index (κ1) is 12.2. The molecule has 14 heavy (non-hydrogen) atoms. The summed E-state index contributed by atoms with van der Waals surface area (Å²) >= 11 is 0. The summed E-state index contributed by atoms with van der Waals surface area (Å²) in [6.45, 7) is 1.92. The van der Waals surface area contributed by atoms with Crippen molar-refractivity contribution in [2.75, 3.05) is 13.7 Å². The molecule has 78 valence electrons. The Morgan fingerprint density at radius 3 is 2.43 bits per heavy atom. The summed E-state index contributed by atoms with van der Waals surface area (Å²) in [5.41, 5.74) is 0. The average Bonchev–Trinajstić information content (AvgIpc) is 2.15. The third-order valence-corrected chi connectivity index (χ3v) is 1.14. The van der Waals surface area contributed by atoms with Gasteiger partial charge in [-0.05, 0) is 13.0 Å². The lowest BCUT2D eigenvalue weighted by atomic mass is 10.4. The molecule has 0 saturated heterocycles. The van der Waals surface area contributed by atoms with E-state index in [1.807, 2.05) is 0 Å². The standard InChI is InChI=1S/C9H12O5/c1-3-14-8(11)5-4-7(10)6-9(12)13-2/h4-6,10H,3H2,1-2H3/b5-4+,7-6-. The molecule has 0 aliphatic carbocycles. The van der Waals surface area contributed by atoms with E-state index in [4.69, 9.17) is 5.11 Å². The number of hydrogen-bond donors (Lipinski definition) is 1. The Labute approximate surface area is 81.6 Å². The van der Waals surface area contributed by atoms with Crippen LogP contribution in [0.3, 0.4) is 0 Å². The largest absolute Gasteiger partial charge is 0.508 e. The van der Waals surface area contributed by atoms with Crippen molar-refractivity contribution in [3.63, 3.8) is 0 Å². The van der Waals surface area contributed by atoms with Gasteiger partial charge in [0.25, 0.3) is 0 Å². The Morgan fingerprint density at radius 1 is 1.29 bits per heavy atom. The Hall–Kier alpha value is -1.78. The highest BCUT2D eigenvalue weighted by Crippen LogP contribution is 1.93. The van der Waals surface area contributed by atoms with E-state index in [2.05, 4.69) is 9.47 Å². The van der Waals surface area contributed by atoms with Crippen LogP contribution in [0.25, 0.3) is 0 Å². The fraction of sp³-hybridized carbons (Fsp3) is 0.333. The third-order valence-electron chi connectivity index (χ3n) is 1.14. The van der Waals surface area contributed by atoms with Crippen LogP contribution >= 0.6 is 0 Å². The van der Waals surface area contributed by atoms with Gasteiger partial charge in [0, 0.05) is 6.08 Å². The maximum Gasteiger partial charge on any atom is 0.334 e. The SMILES string of the molecule is CCOC(=O)/C=C/C(O)=C/C(=O)OC. The van der Waals surface area contributed by atoms with Gasteiger partial charge in [0.15, 0.2) is 0 Å². The van der Waals surface area contributed by atoms with Gasteiger partial charge in [-0.3, -0.25) is 0 Å². The van der Waals surface area contributed by atoms with Crippen molar-refractivity contribution < 1.29 is 24.2 Å². The second kappa shape index (κ2) is 6.71. The normalized spacial score (nSPS) is 11.4. The van der Waals surface area contributed by atoms with Crippen LogP contribution < -0.4 is 0 Å². The van der Waals surface area contributed by atoms with Gasteiger partial charge in [0.1, 0.15) is 5.76 Å². The second-order valence-electron chi connectivity index (χ2n) is 2.18. The Balaban J connectivity index is 4.16. The number of methoxy groups -OCH3 is 1. The van der Waals surface area contributed by atoms with Crippen molar-refractivity contribution in [3.05, 3.63) is 24.0 Å². The van der Waals surface area contributed by atoms with Crippen LogP contribution in [0.1, 0.15) is 6.92 Å². The van der Waals surface area contributed by atoms with Crippen molar-refractivity contribution >= 4 is 11.9 Å². The molecule has 0 fully saturated rings. The highest BCUT2D eigenvalue weighted by atomic mass is 16.5. The van der Waals surface area contributed by atoms with Gasteiger partial charge in [-0.15, -0.1) is 0 Å². The molecule has 1 N–H and O–H groups in total. The van der Waals surface area contributed by atoms with Crippen LogP contribution in [-0.4, -0.2) is 30.8 Å². The van der Waals surface area contributed by atoms with Gasteiger partial charge >= 0.3 is 11.9 Å². The highest BCUT2D eigenvalue weighted by molar-refractivity contribution is 5.85. The summed E-state index contributed by atoms with van der Waals surface area (Å²) in [5, 5.41) is 9.03. The molecule has 0 aliphatic heterocycles. The Bertz CT molecular complexity index is 264. The van der Waals surface area contributed by atoms with Crippen LogP contribution in [0.4, 0.5) is 0 Å². The van der Waals surface area contributed by atoms with Crippen LogP contribution in [0, 0.1) is 0 Å². The van der Waals surface area contributed by atoms with Crippen molar-refractivity contribution in [1.29, 1.82) is 0 Å². The van der Waals surface area contributed by atoms with E-state index in [1.54, 1.807) is 6.92 Å². The van der Waals surface area contributed by atoms with E-state index in [0.29, 0.717) is 0 Å². The molecule has 0 atom stereocenters. The van der Waals surface area contributed by atoms with E-state index >= 15 is 0 Å². The predicted octanol–water partition coefficient (Wildman–Crippen LogP) is 0.721. The number of aliphatic hydroxyl groups excluding tert-OH is 1. The van der Waals surface area contributed by atoms with E-state index < -0.39 is 11.9 Å². The third kappa shape index (κ3) is 5.82. The number of rotatable bonds is 4. The minimum Gasteiger partial charge on any atom is -0.508 e. The minimum absolute atomic E-state index is 0.255. The zero-order valence-corrected chi connectivity index (χ0v) is 8.02. The molecule has 0 rings (SSSR count). The van der Waals surface area contributed by atoms with Crippen LogP contribution in [0.5, 0.6) is 0 Å². The number of esters is 2. The Morgan fingerprint density at radius 2 is 1.93 bits per heavy atom. The fourth-order valence-corrected chi connectivity index (χ4v) is 0.572. The molecule has 5 nitrogen and oxygen atoms in total. The lowest BCUT2D eigenvalue weighted by Crippen LogP contribution is -2.00. The molecule has 0 unspecified atom stereocenters. The predicted molar refractivity (Wildman–Crippen MR) is 48.5 cm³/mol. The molecule has 0 saturated carbocycles. The molecule has 0 spiro atoms. The topological polar surface area (TPSA) is 72.8 Å². The number of carbonyl (C=O) groups is 2. The van der Waals surface area contributed by atoms with Crippen LogP contribution in [0.2, 0.25) is 0 Å². The summed E-state index contributed by atoms with van der Waals surface area (Å²) in [6.07, 6.45) is 2.91. The quantitative estimate of drug-likeness (QED) is 0.313. The molecular weight excluding hydrogens is 188 g/mol. The van der Waals surface area contributed by atoms with Gasteiger partial charge in [0.05, 0.1) is 19.8 Å². The van der Waals surface area contributed by atoms with Crippen molar-refractivity contribution in [2.45, 2.75) is 6.92 Å². The molecule has 0 radical (unpaired) electrons.